The third-order valence-electron chi connectivity index (χ3n) is 4.85. The Morgan fingerprint density at radius 3 is 2.59 bits per heavy atom. The lowest BCUT2D eigenvalue weighted by Crippen LogP contribution is -2.36. The first-order valence-electron chi connectivity index (χ1n) is 8.87. The molecule has 10 heteroatoms. The maximum Gasteiger partial charge on any atom is 0.255 e. The molecule has 27 heavy (non-hydrogen) atoms. The molecule has 0 fully saturated rings. The number of aromatic nitrogens is 4. The molecular weight excluding hydrogens is 389 g/mol. The van der Waals surface area contributed by atoms with Gasteiger partial charge < -0.3 is 10.7 Å². The highest BCUT2D eigenvalue weighted by atomic mass is 35.5. The van der Waals surface area contributed by atoms with Gasteiger partial charge in [0.2, 0.25) is 5.95 Å². The molecule has 0 aromatic carbocycles. The molecule has 3 N–H and O–H groups in total. The van der Waals surface area contributed by atoms with Crippen LogP contribution >= 0.6 is 23.2 Å². The first kappa shape index (κ1) is 18.3. The van der Waals surface area contributed by atoms with E-state index < -0.39 is 0 Å². The van der Waals surface area contributed by atoms with E-state index in [9.17, 15) is 4.79 Å². The molecule has 8 nitrogen and oxygen atoms in total. The van der Waals surface area contributed by atoms with Crippen molar-refractivity contribution in [3.05, 3.63) is 43.3 Å². The van der Waals surface area contributed by atoms with E-state index in [2.05, 4.69) is 29.8 Å². The predicted octanol–water partition coefficient (Wildman–Crippen LogP) is 1.98. The second-order valence-corrected chi connectivity index (χ2v) is 7.44. The van der Waals surface area contributed by atoms with E-state index in [-0.39, 0.29) is 21.8 Å². The fourth-order valence-corrected chi connectivity index (χ4v) is 3.96. The molecule has 4 rings (SSSR count). The average molecular weight is 408 g/mol. The number of aliphatic imine (C=N–C) groups is 1. The Bertz CT molecular complexity index is 949. The number of rotatable bonds is 3. The molecule has 0 amide bonds. The number of H-pyrrole nitrogens is 1. The zero-order chi connectivity index (χ0) is 19.0. The van der Waals surface area contributed by atoms with Crippen molar-refractivity contribution in [2.75, 3.05) is 18.8 Å². The van der Waals surface area contributed by atoms with E-state index >= 15 is 0 Å². The van der Waals surface area contributed by atoms with Gasteiger partial charge in [0.05, 0.1) is 17.0 Å². The van der Waals surface area contributed by atoms with Gasteiger partial charge in [0.15, 0.2) is 5.82 Å². The van der Waals surface area contributed by atoms with Gasteiger partial charge in [0, 0.05) is 38.2 Å². The van der Waals surface area contributed by atoms with E-state index in [1.165, 1.54) is 0 Å². The maximum atomic E-state index is 12.6. The highest BCUT2D eigenvalue weighted by Crippen LogP contribution is 2.25. The molecular formula is C17H19Cl2N7O. The van der Waals surface area contributed by atoms with Crippen molar-refractivity contribution in [1.82, 2.24) is 24.8 Å². The second kappa shape index (κ2) is 7.53. The molecule has 0 saturated heterocycles. The Morgan fingerprint density at radius 2 is 1.89 bits per heavy atom. The van der Waals surface area contributed by atoms with Gasteiger partial charge in [0.1, 0.15) is 10.3 Å². The molecule has 0 radical (unpaired) electrons. The lowest BCUT2D eigenvalue weighted by molar-refractivity contribution is 0.241. The number of fused-ring (bicyclic) bond motifs is 1. The summed E-state index contributed by atoms with van der Waals surface area (Å²) in [6, 6.07) is 0. The average Bonchev–Trinajstić information content (AvgIpc) is 2.65. The van der Waals surface area contributed by atoms with Gasteiger partial charge >= 0.3 is 0 Å². The van der Waals surface area contributed by atoms with Crippen LogP contribution in [-0.4, -0.2) is 43.6 Å². The number of nitrogens with zero attached hydrogens (tertiary/aromatic N) is 5. The maximum absolute atomic E-state index is 12.6. The summed E-state index contributed by atoms with van der Waals surface area (Å²) in [4.78, 5) is 34.7. The van der Waals surface area contributed by atoms with Gasteiger partial charge in [-0.25, -0.2) is 15.0 Å². The summed E-state index contributed by atoms with van der Waals surface area (Å²) in [6.45, 7) is 2.42. The first-order chi connectivity index (χ1) is 13.0. The van der Waals surface area contributed by atoms with Gasteiger partial charge in [-0.1, -0.05) is 23.2 Å². The molecule has 0 spiro atoms. The van der Waals surface area contributed by atoms with E-state index in [4.69, 9.17) is 28.9 Å². The fourth-order valence-electron chi connectivity index (χ4n) is 3.44. The van der Waals surface area contributed by atoms with Crippen LogP contribution in [0.2, 0.25) is 10.3 Å². The molecule has 0 atom stereocenters. The van der Waals surface area contributed by atoms with Crippen LogP contribution in [0.15, 0.2) is 9.79 Å². The largest absolute Gasteiger partial charge is 0.368 e. The summed E-state index contributed by atoms with van der Waals surface area (Å²) < 4.78 is 0. The van der Waals surface area contributed by atoms with E-state index in [1.807, 2.05) is 0 Å². The van der Waals surface area contributed by atoms with Crippen LogP contribution < -0.4 is 11.3 Å². The summed E-state index contributed by atoms with van der Waals surface area (Å²) in [5, 5.41) is 0.465. The van der Waals surface area contributed by atoms with Gasteiger partial charge in [-0.05, 0) is 19.3 Å². The summed E-state index contributed by atoms with van der Waals surface area (Å²) in [7, 11) is 0. The molecule has 4 heterocycles. The molecule has 2 aromatic heterocycles. The topological polar surface area (TPSA) is 113 Å². The van der Waals surface area contributed by atoms with Gasteiger partial charge in [-0.2, -0.15) is 0 Å². The normalized spacial score (nSPS) is 17.5. The fraction of sp³-hybridized carbons (Fsp3) is 0.471. The quantitative estimate of drug-likeness (QED) is 0.751. The van der Waals surface area contributed by atoms with Gasteiger partial charge in [-0.3, -0.25) is 14.7 Å². The molecule has 0 saturated carbocycles. The van der Waals surface area contributed by atoms with Crippen LogP contribution in [0.25, 0.3) is 0 Å². The summed E-state index contributed by atoms with van der Waals surface area (Å²) in [6.07, 6.45) is 3.71. The number of aromatic amines is 1. The van der Waals surface area contributed by atoms with Gasteiger partial charge in [0.25, 0.3) is 5.56 Å². The number of nitrogens with one attached hydrogen (secondary N) is 1. The number of hydrogen-bond acceptors (Lipinski definition) is 7. The number of nitrogen functional groups attached to an aromatic ring is 1. The van der Waals surface area contributed by atoms with Crippen LogP contribution in [0.3, 0.4) is 0 Å². The van der Waals surface area contributed by atoms with Crippen molar-refractivity contribution in [2.45, 2.75) is 38.8 Å². The Morgan fingerprint density at radius 1 is 1.11 bits per heavy atom. The van der Waals surface area contributed by atoms with Crippen molar-refractivity contribution in [2.24, 2.45) is 4.99 Å². The Balaban J connectivity index is 1.57. The SMILES string of the molecule is Nc1nc(Cl)c(CN2CCc3nc(C4=NCCCC4)[nH]c(=O)c3C2)c(Cl)n1. The monoisotopic (exact) mass is 407 g/mol. The van der Waals surface area contributed by atoms with E-state index in [0.29, 0.717) is 36.5 Å². The molecule has 2 aliphatic rings. The third-order valence-corrected chi connectivity index (χ3v) is 5.48. The lowest BCUT2D eigenvalue weighted by Gasteiger charge is -2.28. The number of anilines is 1. The first-order valence-corrected chi connectivity index (χ1v) is 9.62. The molecule has 0 bridgehead atoms. The Labute approximate surface area is 165 Å². The van der Waals surface area contributed by atoms with Crippen LogP contribution in [0.4, 0.5) is 5.95 Å². The summed E-state index contributed by atoms with van der Waals surface area (Å²) in [5.41, 5.74) is 8.46. The number of nitrogens with two attached hydrogens (primary N) is 1. The van der Waals surface area contributed by atoms with Crippen molar-refractivity contribution in [1.29, 1.82) is 0 Å². The van der Waals surface area contributed by atoms with Crippen LogP contribution in [0.1, 0.15) is 41.9 Å². The van der Waals surface area contributed by atoms with Crippen molar-refractivity contribution < 1.29 is 0 Å². The van der Waals surface area contributed by atoms with E-state index in [0.717, 1.165) is 43.8 Å². The third kappa shape index (κ3) is 3.83. The smallest absolute Gasteiger partial charge is 0.255 e. The summed E-state index contributed by atoms with van der Waals surface area (Å²) >= 11 is 12.3. The minimum atomic E-state index is -0.112. The standard InChI is InChI=1S/C17H19Cl2N7O/c18-13-10(14(19)24-17(20)23-13)8-26-6-4-11-9(7-26)16(27)25-15(22-11)12-3-1-2-5-21-12/h1-8H2,(H2,20,23,24)(H,22,25,27). The molecule has 0 aliphatic carbocycles. The van der Waals surface area contributed by atoms with Crippen molar-refractivity contribution in [3.63, 3.8) is 0 Å². The highest BCUT2D eigenvalue weighted by Gasteiger charge is 2.24. The van der Waals surface area contributed by atoms with Crippen LogP contribution in [0.5, 0.6) is 0 Å². The van der Waals surface area contributed by atoms with Crippen molar-refractivity contribution >= 4 is 34.9 Å². The number of hydrogen-bond donors (Lipinski definition) is 2. The molecule has 0 unspecified atom stereocenters. The van der Waals surface area contributed by atoms with Crippen molar-refractivity contribution in [3.8, 4) is 0 Å². The van der Waals surface area contributed by atoms with Gasteiger partial charge in [-0.15, -0.1) is 0 Å². The molecule has 142 valence electrons. The summed E-state index contributed by atoms with van der Waals surface area (Å²) in [5.74, 6) is 0.654. The lowest BCUT2D eigenvalue weighted by atomic mass is 10.0. The Kier molecular flexibility index (Phi) is 5.12. The Hall–Kier alpha value is -2.03. The molecule has 2 aliphatic heterocycles. The highest BCUT2D eigenvalue weighted by molar-refractivity contribution is 6.34. The minimum absolute atomic E-state index is 0.0385. The number of halogens is 2. The van der Waals surface area contributed by atoms with Crippen LogP contribution in [-0.2, 0) is 19.5 Å². The predicted molar refractivity (Wildman–Crippen MR) is 104 cm³/mol. The zero-order valence-electron chi connectivity index (χ0n) is 14.6. The second-order valence-electron chi connectivity index (χ2n) is 6.73. The molecule has 2 aromatic rings. The van der Waals surface area contributed by atoms with E-state index in [1.54, 1.807) is 0 Å². The van der Waals surface area contributed by atoms with Crippen LogP contribution in [0, 0.1) is 0 Å². The minimum Gasteiger partial charge on any atom is -0.368 e. The zero-order valence-corrected chi connectivity index (χ0v) is 16.1.